The Kier molecular flexibility index (Phi) is 5.40. The summed E-state index contributed by atoms with van der Waals surface area (Å²) in [6.07, 6.45) is 0.565. The van der Waals surface area contributed by atoms with Gasteiger partial charge in [-0.1, -0.05) is 41.9 Å². The van der Waals surface area contributed by atoms with E-state index in [1.165, 1.54) is 6.92 Å². The molecule has 1 atom stereocenters. The van der Waals surface area contributed by atoms with Crippen LogP contribution in [0.15, 0.2) is 47.5 Å². The van der Waals surface area contributed by atoms with Gasteiger partial charge < -0.3 is 14.4 Å². The van der Waals surface area contributed by atoms with Crippen molar-refractivity contribution in [2.75, 3.05) is 13.2 Å². The van der Waals surface area contributed by atoms with Crippen LogP contribution in [0.2, 0.25) is 5.02 Å². The van der Waals surface area contributed by atoms with Crippen LogP contribution >= 0.6 is 11.6 Å². The summed E-state index contributed by atoms with van der Waals surface area (Å²) in [6.45, 7) is 2.48. The predicted molar refractivity (Wildman–Crippen MR) is 108 cm³/mol. The fraction of sp³-hybridized carbons (Fsp3) is 0.286. The number of halogens is 1. The number of esters is 1. The molecule has 0 aromatic heterocycles. The second-order valence-electron chi connectivity index (χ2n) is 6.78. The monoisotopic (exact) mass is 413 g/mol. The third-order valence-corrected chi connectivity index (χ3v) is 5.19. The van der Waals surface area contributed by atoms with E-state index in [0.29, 0.717) is 48.6 Å². The highest BCUT2D eigenvalue weighted by atomic mass is 35.5. The highest BCUT2D eigenvalue weighted by molar-refractivity contribution is 6.33. The van der Waals surface area contributed by atoms with Gasteiger partial charge in [0, 0.05) is 18.9 Å². The number of aliphatic imine (C=N–C) groups is 1. The zero-order valence-electron chi connectivity index (χ0n) is 15.9. The number of guanidine groups is 1. The Morgan fingerprint density at radius 3 is 2.79 bits per heavy atom. The van der Waals surface area contributed by atoms with Gasteiger partial charge in [-0.3, -0.25) is 14.9 Å². The molecule has 0 spiro atoms. The number of carbonyl (C=O) groups excluding carboxylic acids is 2. The summed E-state index contributed by atoms with van der Waals surface area (Å²) in [7, 11) is 0. The van der Waals surface area contributed by atoms with E-state index in [1.807, 2.05) is 41.3 Å². The van der Waals surface area contributed by atoms with Gasteiger partial charge in [-0.2, -0.15) is 0 Å². The number of amides is 1. The van der Waals surface area contributed by atoms with Crippen molar-refractivity contribution >= 4 is 35.1 Å². The van der Waals surface area contributed by atoms with Crippen molar-refractivity contribution in [1.82, 2.24) is 10.2 Å². The topological polar surface area (TPSA) is 80.2 Å². The number of hydrogen-bond donors (Lipinski definition) is 1. The van der Waals surface area contributed by atoms with Gasteiger partial charge in [0.15, 0.2) is 0 Å². The highest BCUT2D eigenvalue weighted by Gasteiger charge is 2.40. The molecular weight excluding hydrogens is 394 g/mol. The number of benzene rings is 2. The summed E-state index contributed by atoms with van der Waals surface area (Å²) in [5.41, 5.74) is 2.42. The number of fused-ring (bicyclic) bond motifs is 2. The Labute approximate surface area is 173 Å². The van der Waals surface area contributed by atoms with Crippen molar-refractivity contribution in [1.29, 1.82) is 0 Å². The number of nitrogens with zero attached hydrogens (tertiary/aromatic N) is 2. The Morgan fingerprint density at radius 1 is 1.24 bits per heavy atom. The van der Waals surface area contributed by atoms with Crippen LogP contribution in [-0.2, 0) is 20.9 Å². The summed E-state index contributed by atoms with van der Waals surface area (Å²) in [5, 5.41) is 3.33. The second-order valence-corrected chi connectivity index (χ2v) is 7.16. The van der Waals surface area contributed by atoms with Gasteiger partial charge in [0.1, 0.15) is 11.8 Å². The third-order valence-electron chi connectivity index (χ3n) is 4.77. The molecule has 1 unspecified atom stereocenters. The van der Waals surface area contributed by atoms with Crippen molar-refractivity contribution in [3.63, 3.8) is 0 Å². The van der Waals surface area contributed by atoms with Crippen LogP contribution in [0.1, 0.15) is 30.5 Å². The standard InChI is InChI=1S/C21H20ClN3O4/c1-13(26)28-10-5-11-29-17-9-8-16-15(18(17)22)12-25-19(14-6-3-2-4-7-14)20(27)24-21(25)23-16/h2-4,6-9,19H,5,10-12H2,1H3,(H,23,24,27). The number of ether oxygens (including phenoxy) is 2. The molecule has 8 heteroatoms. The Bertz CT molecular complexity index is 977. The van der Waals surface area contributed by atoms with Crippen molar-refractivity contribution in [3.05, 3.63) is 58.6 Å². The molecule has 29 heavy (non-hydrogen) atoms. The molecule has 2 heterocycles. The average molecular weight is 414 g/mol. The molecule has 1 N–H and O–H groups in total. The van der Waals surface area contributed by atoms with Gasteiger partial charge in [-0.25, -0.2) is 4.99 Å². The number of nitrogens with one attached hydrogen (secondary N) is 1. The highest BCUT2D eigenvalue weighted by Crippen LogP contribution is 2.41. The molecule has 1 saturated heterocycles. The first-order chi connectivity index (χ1) is 14.0. The fourth-order valence-electron chi connectivity index (χ4n) is 3.44. The molecule has 150 valence electrons. The molecule has 0 bridgehead atoms. The van der Waals surface area contributed by atoms with Gasteiger partial charge >= 0.3 is 5.97 Å². The zero-order chi connectivity index (χ0) is 20.4. The zero-order valence-corrected chi connectivity index (χ0v) is 16.6. The van der Waals surface area contributed by atoms with E-state index in [0.717, 1.165) is 11.1 Å². The third kappa shape index (κ3) is 3.91. The number of rotatable bonds is 6. The van der Waals surface area contributed by atoms with E-state index in [4.69, 9.17) is 21.1 Å². The Morgan fingerprint density at radius 2 is 2.03 bits per heavy atom. The van der Waals surface area contributed by atoms with Gasteiger partial charge in [0.2, 0.25) is 5.96 Å². The molecule has 4 rings (SSSR count). The van der Waals surface area contributed by atoms with Gasteiger partial charge in [0.05, 0.1) is 30.5 Å². The van der Waals surface area contributed by atoms with Crippen LogP contribution < -0.4 is 10.1 Å². The summed E-state index contributed by atoms with van der Waals surface area (Å²) < 4.78 is 10.7. The lowest BCUT2D eigenvalue weighted by molar-refractivity contribution is -0.141. The molecule has 2 aromatic rings. The van der Waals surface area contributed by atoms with Crippen molar-refractivity contribution in [2.24, 2.45) is 4.99 Å². The molecule has 7 nitrogen and oxygen atoms in total. The Balaban J connectivity index is 1.52. The quantitative estimate of drug-likeness (QED) is 0.580. The molecule has 1 fully saturated rings. The lowest BCUT2D eigenvalue weighted by atomic mass is 10.0. The summed E-state index contributed by atoms with van der Waals surface area (Å²) in [4.78, 5) is 29.9. The summed E-state index contributed by atoms with van der Waals surface area (Å²) in [6, 6.07) is 12.7. The molecular formula is C21H20ClN3O4. The van der Waals surface area contributed by atoms with Crippen LogP contribution in [0.3, 0.4) is 0 Å². The first-order valence-corrected chi connectivity index (χ1v) is 9.71. The molecule has 2 aliphatic heterocycles. The van der Waals surface area contributed by atoms with Crippen LogP contribution in [0, 0.1) is 0 Å². The van der Waals surface area contributed by atoms with E-state index in [-0.39, 0.29) is 11.9 Å². The number of carbonyl (C=O) groups is 2. The normalized spacial score (nSPS) is 17.2. The first kappa shape index (κ1) is 19.3. The van der Waals surface area contributed by atoms with E-state index < -0.39 is 6.04 Å². The van der Waals surface area contributed by atoms with Crippen molar-refractivity contribution in [3.8, 4) is 5.75 Å². The fourth-order valence-corrected chi connectivity index (χ4v) is 3.71. The van der Waals surface area contributed by atoms with Gasteiger partial charge in [-0.15, -0.1) is 0 Å². The van der Waals surface area contributed by atoms with Gasteiger partial charge in [-0.05, 0) is 17.7 Å². The van der Waals surface area contributed by atoms with E-state index in [9.17, 15) is 9.59 Å². The van der Waals surface area contributed by atoms with Crippen LogP contribution in [-0.4, -0.2) is 35.9 Å². The van der Waals surface area contributed by atoms with Gasteiger partial charge in [0.25, 0.3) is 5.91 Å². The molecule has 0 saturated carbocycles. The summed E-state index contributed by atoms with van der Waals surface area (Å²) >= 11 is 6.60. The van der Waals surface area contributed by atoms with Crippen LogP contribution in [0.25, 0.3) is 0 Å². The SMILES string of the molecule is CC(=O)OCCCOc1ccc2c(c1Cl)CN1C(=N2)NC(=O)C1c1ccccc1. The number of hydrogen-bond acceptors (Lipinski definition) is 6. The minimum atomic E-state index is -0.451. The lowest BCUT2D eigenvalue weighted by Gasteiger charge is -2.29. The molecule has 1 amide bonds. The van der Waals surface area contributed by atoms with Crippen LogP contribution in [0.5, 0.6) is 5.75 Å². The van der Waals surface area contributed by atoms with E-state index in [1.54, 1.807) is 6.07 Å². The van der Waals surface area contributed by atoms with E-state index in [2.05, 4.69) is 10.3 Å². The first-order valence-electron chi connectivity index (χ1n) is 9.33. The smallest absolute Gasteiger partial charge is 0.302 e. The van der Waals surface area contributed by atoms with E-state index >= 15 is 0 Å². The maximum absolute atomic E-state index is 12.6. The second kappa shape index (κ2) is 8.13. The largest absolute Gasteiger partial charge is 0.492 e. The van der Waals surface area contributed by atoms with Crippen molar-refractivity contribution in [2.45, 2.75) is 25.9 Å². The van der Waals surface area contributed by atoms with Crippen molar-refractivity contribution < 1.29 is 19.1 Å². The molecule has 2 aromatic carbocycles. The minimum absolute atomic E-state index is 0.110. The predicted octanol–water partition coefficient (Wildman–Crippen LogP) is 3.35. The average Bonchev–Trinajstić information content (AvgIpc) is 3.03. The lowest BCUT2D eigenvalue weighted by Crippen LogP contribution is -2.33. The molecule has 2 aliphatic rings. The maximum Gasteiger partial charge on any atom is 0.302 e. The molecule has 0 radical (unpaired) electrons. The molecule has 0 aliphatic carbocycles. The maximum atomic E-state index is 12.6. The summed E-state index contributed by atoms with van der Waals surface area (Å²) in [5.74, 6) is 0.650. The Hall–Kier alpha value is -3.06. The van der Waals surface area contributed by atoms with Crippen LogP contribution in [0.4, 0.5) is 5.69 Å². The minimum Gasteiger partial charge on any atom is -0.492 e.